The lowest BCUT2D eigenvalue weighted by molar-refractivity contribution is 0.0178. The van der Waals surface area contributed by atoms with E-state index in [2.05, 4.69) is 25.6 Å². The van der Waals surface area contributed by atoms with Crippen molar-refractivity contribution >= 4 is 22.8 Å². The smallest absolute Gasteiger partial charge is 0.320 e. The number of ether oxygens (including phenoxy) is 2. The SMILES string of the molecule is Cc1cc(-n2ncc3cc(NC(=O)N[C@H](C)c4ccccc4)nc(COCCN4CCOCC4)c32)ccn1. The van der Waals surface area contributed by atoms with Crippen LogP contribution >= 0.6 is 0 Å². The number of anilines is 1. The van der Waals surface area contributed by atoms with Gasteiger partial charge in [0.25, 0.3) is 0 Å². The molecule has 0 saturated carbocycles. The van der Waals surface area contributed by atoms with Crippen LogP contribution in [0.2, 0.25) is 0 Å². The maximum absolute atomic E-state index is 12.8. The van der Waals surface area contributed by atoms with Gasteiger partial charge in [-0.05, 0) is 37.6 Å². The Morgan fingerprint density at radius 3 is 2.76 bits per heavy atom. The van der Waals surface area contributed by atoms with Crippen LogP contribution in [0.15, 0.2) is 60.9 Å². The Kier molecular flexibility index (Phi) is 8.22. The molecule has 1 atom stereocenters. The Morgan fingerprint density at radius 1 is 1.16 bits per heavy atom. The van der Waals surface area contributed by atoms with Crippen LogP contribution in [0.5, 0.6) is 0 Å². The number of fused-ring (bicyclic) bond motifs is 1. The van der Waals surface area contributed by atoms with Crippen molar-refractivity contribution in [1.82, 2.24) is 30.0 Å². The molecule has 1 aromatic carbocycles. The van der Waals surface area contributed by atoms with Crippen molar-refractivity contribution in [1.29, 1.82) is 0 Å². The largest absolute Gasteiger partial charge is 0.379 e. The second-order valence-corrected chi connectivity index (χ2v) is 9.34. The Labute approximate surface area is 222 Å². The molecule has 10 heteroatoms. The number of nitrogens with one attached hydrogen (secondary N) is 2. The second kappa shape index (κ2) is 12.1. The summed E-state index contributed by atoms with van der Waals surface area (Å²) in [7, 11) is 0. The van der Waals surface area contributed by atoms with E-state index in [0.717, 1.165) is 60.7 Å². The normalized spacial score (nSPS) is 14.9. The van der Waals surface area contributed by atoms with Crippen molar-refractivity contribution < 1.29 is 14.3 Å². The first-order valence-corrected chi connectivity index (χ1v) is 12.9. The minimum atomic E-state index is -0.329. The first-order chi connectivity index (χ1) is 18.6. The van der Waals surface area contributed by atoms with Crippen molar-refractivity contribution in [3.8, 4) is 5.69 Å². The Morgan fingerprint density at radius 2 is 1.97 bits per heavy atom. The summed E-state index contributed by atoms with van der Waals surface area (Å²) in [5, 5.41) is 11.3. The highest BCUT2D eigenvalue weighted by atomic mass is 16.5. The van der Waals surface area contributed by atoms with E-state index >= 15 is 0 Å². The molecule has 5 rings (SSSR count). The molecule has 10 nitrogen and oxygen atoms in total. The topological polar surface area (TPSA) is 106 Å². The first-order valence-electron chi connectivity index (χ1n) is 12.9. The molecule has 0 spiro atoms. The van der Waals surface area contributed by atoms with E-state index in [-0.39, 0.29) is 18.7 Å². The van der Waals surface area contributed by atoms with E-state index in [1.807, 2.05) is 67.1 Å². The second-order valence-electron chi connectivity index (χ2n) is 9.34. The molecule has 3 aromatic heterocycles. The third kappa shape index (κ3) is 6.34. The summed E-state index contributed by atoms with van der Waals surface area (Å²) in [6.07, 6.45) is 3.54. The number of aromatic nitrogens is 4. The van der Waals surface area contributed by atoms with Crippen molar-refractivity contribution in [2.45, 2.75) is 26.5 Å². The van der Waals surface area contributed by atoms with Crippen LogP contribution in [0.4, 0.5) is 10.6 Å². The summed E-state index contributed by atoms with van der Waals surface area (Å²) in [6, 6.07) is 15.1. The first kappa shape index (κ1) is 25.8. The van der Waals surface area contributed by atoms with Crippen molar-refractivity contribution in [2.24, 2.45) is 0 Å². The van der Waals surface area contributed by atoms with Gasteiger partial charge in [0.1, 0.15) is 5.82 Å². The zero-order valence-corrected chi connectivity index (χ0v) is 21.8. The third-order valence-corrected chi connectivity index (χ3v) is 6.53. The predicted molar refractivity (Wildman–Crippen MR) is 145 cm³/mol. The van der Waals surface area contributed by atoms with E-state index in [0.29, 0.717) is 18.1 Å². The number of pyridine rings is 2. The molecule has 4 aromatic rings. The summed E-state index contributed by atoms with van der Waals surface area (Å²) in [4.78, 5) is 24.2. The number of morpholine rings is 1. The van der Waals surface area contributed by atoms with Gasteiger partial charge in [-0.2, -0.15) is 5.10 Å². The fourth-order valence-electron chi connectivity index (χ4n) is 4.52. The number of hydrogen-bond acceptors (Lipinski definition) is 7. The van der Waals surface area contributed by atoms with Crippen LogP contribution in [0.3, 0.4) is 0 Å². The number of amides is 2. The van der Waals surface area contributed by atoms with Crippen molar-refractivity contribution in [2.75, 3.05) is 44.8 Å². The number of aryl methyl sites for hydroxylation is 1. The molecular formula is C28H33N7O3. The van der Waals surface area contributed by atoms with Crippen molar-refractivity contribution in [3.63, 3.8) is 0 Å². The zero-order chi connectivity index (χ0) is 26.3. The van der Waals surface area contributed by atoms with Gasteiger partial charge >= 0.3 is 6.03 Å². The quantitative estimate of drug-likeness (QED) is 0.326. The predicted octanol–water partition coefficient (Wildman–Crippen LogP) is 3.86. The summed E-state index contributed by atoms with van der Waals surface area (Å²) >= 11 is 0. The molecule has 2 amide bonds. The van der Waals surface area contributed by atoms with E-state index < -0.39 is 0 Å². The van der Waals surface area contributed by atoms with Gasteiger partial charge in [0.2, 0.25) is 0 Å². The molecule has 1 aliphatic heterocycles. The van der Waals surface area contributed by atoms with Crippen molar-refractivity contribution in [3.05, 3.63) is 77.9 Å². The van der Waals surface area contributed by atoms with Crippen LogP contribution in [-0.2, 0) is 16.1 Å². The molecule has 1 saturated heterocycles. The zero-order valence-electron chi connectivity index (χ0n) is 21.8. The maximum atomic E-state index is 12.8. The third-order valence-electron chi connectivity index (χ3n) is 6.53. The van der Waals surface area contributed by atoms with Gasteiger partial charge in [-0.1, -0.05) is 30.3 Å². The Balaban J connectivity index is 1.35. The van der Waals surface area contributed by atoms with E-state index in [1.165, 1.54) is 0 Å². The maximum Gasteiger partial charge on any atom is 0.320 e. The van der Waals surface area contributed by atoms with Gasteiger partial charge < -0.3 is 14.8 Å². The van der Waals surface area contributed by atoms with Crippen LogP contribution in [0.25, 0.3) is 16.6 Å². The number of benzene rings is 1. The average Bonchev–Trinajstić information content (AvgIpc) is 3.36. The molecule has 4 heterocycles. The lowest BCUT2D eigenvalue weighted by Gasteiger charge is -2.26. The van der Waals surface area contributed by atoms with Crippen LogP contribution in [0.1, 0.15) is 29.9 Å². The minimum Gasteiger partial charge on any atom is -0.379 e. The van der Waals surface area contributed by atoms with E-state index in [1.54, 1.807) is 12.4 Å². The monoisotopic (exact) mass is 515 g/mol. The molecule has 38 heavy (non-hydrogen) atoms. The Hall–Kier alpha value is -3.86. The molecule has 2 N–H and O–H groups in total. The van der Waals surface area contributed by atoms with Crippen LogP contribution in [-0.4, -0.2) is 70.1 Å². The fourth-order valence-corrected chi connectivity index (χ4v) is 4.52. The lowest BCUT2D eigenvalue weighted by atomic mass is 10.1. The highest BCUT2D eigenvalue weighted by Crippen LogP contribution is 2.25. The van der Waals surface area contributed by atoms with Gasteiger partial charge in [-0.3, -0.25) is 15.2 Å². The highest BCUT2D eigenvalue weighted by molar-refractivity contribution is 5.92. The number of urea groups is 1. The number of rotatable bonds is 9. The van der Waals surface area contributed by atoms with E-state index in [9.17, 15) is 4.79 Å². The van der Waals surface area contributed by atoms with Gasteiger partial charge in [-0.15, -0.1) is 0 Å². The summed E-state index contributed by atoms with van der Waals surface area (Å²) in [6.45, 7) is 8.91. The molecule has 0 bridgehead atoms. The molecule has 1 fully saturated rings. The molecule has 0 radical (unpaired) electrons. The van der Waals surface area contributed by atoms with E-state index in [4.69, 9.17) is 14.5 Å². The average molecular weight is 516 g/mol. The minimum absolute atomic E-state index is 0.152. The summed E-state index contributed by atoms with van der Waals surface area (Å²) in [5.74, 6) is 0.437. The van der Waals surface area contributed by atoms with Gasteiger partial charge in [-0.25, -0.2) is 14.5 Å². The van der Waals surface area contributed by atoms with Crippen LogP contribution < -0.4 is 10.6 Å². The fraction of sp³-hybridized carbons (Fsp3) is 0.357. The number of carbonyl (C=O) groups is 1. The standard InChI is InChI=1S/C28H33N7O3/c1-20-16-24(8-9-29-20)35-27-23(18-30-35)17-26(33-28(36)31-21(2)22-6-4-3-5-7-22)32-25(27)19-38-15-12-34-10-13-37-14-11-34/h3-9,16-18,21H,10-15,19H2,1-2H3,(H2,31,32,33,36)/t21-/m1/s1. The molecule has 0 unspecified atom stereocenters. The number of nitrogens with zero attached hydrogens (tertiary/aromatic N) is 5. The van der Waals surface area contributed by atoms with Gasteiger partial charge in [0.15, 0.2) is 0 Å². The molecular weight excluding hydrogens is 482 g/mol. The molecule has 198 valence electrons. The summed E-state index contributed by atoms with van der Waals surface area (Å²) in [5.41, 5.74) is 4.34. The van der Waals surface area contributed by atoms with Gasteiger partial charge in [0.05, 0.1) is 55.6 Å². The van der Waals surface area contributed by atoms with Gasteiger partial charge in [0, 0.05) is 36.9 Å². The highest BCUT2D eigenvalue weighted by Gasteiger charge is 2.17. The molecule has 0 aliphatic carbocycles. The number of hydrogen-bond donors (Lipinski definition) is 2. The van der Waals surface area contributed by atoms with Crippen LogP contribution in [0, 0.1) is 6.92 Å². The summed E-state index contributed by atoms with van der Waals surface area (Å²) < 4.78 is 13.3. The Bertz CT molecular complexity index is 1370. The molecule has 1 aliphatic rings. The number of carbonyl (C=O) groups excluding carboxylic acids is 1. The lowest BCUT2D eigenvalue weighted by Crippen LogP contribution is -2.38.